The van der Waals surface area contributed by atoms with Crippen LogP contribution in [0.2, 0.25) is 0 Å². The summed E-state index contributed by atoms with van der Waals surface area (Å²) in [5, 5.41) is 12.2. The molecule has 7 nitrogen and oxygen atoms in total. The number of rotatable bonds is 7. The van der Waals surface area contributed by atoms with E-state index in [1.807, 2.05) is 45.0 Å². The summed E-state index contributed by atoms with van der Waals surface area (Å²) in [4.78, 5) is 38.8. The third kappa shape index (κ3) is 5.34. The van der Waals surface area contributed by atoms with Gasteiger partial charge in [0.05, 0.1) is 5.92 Å². The molecule has 2 aliphatic rings. The Morgan fingerprint density at radius 2 is 1.66 bits per heavy atom. The summed E-state index contributed by atoms with van der Waals surface area (Å²) in [7, 11) is 0. The molecule has 2 amide bonds. The third-order valence-electron chi connectivity index (χ3n) is 7.39. The summed E-state index contributed by atoms with van der Waals surface area (Å²) in [6.45, 7) is 6.45. The van der Waals surface area contributed by atoms with Crippen molar-refractivity contribution in [1.29, 1.82) is 0 Å². The zero-order chi connectivity index (χ0) is 25.1. The van der Waals surface area contributed by atoms with Gasteiger partial charge in [-0.3, -0.25) is 9.59 Å². The predicted octanol–water partition coefficient (Wildman–Crippen LogP) is 4.65. The number of nitrogens with zero attached hydrogens (tertiary/aromatic N) is 1. The van der Waals surface area contributed by atoms with Gasteiger partial charge in [-0.25, -0.2) is 4.79 Å². The second-order valence-electron chi connectivity index (χ2n) is 10.0. The molecule has 2 N–H and O–H groups in total. The van der Waals surface area contributed by atoms with Crippen molar-refractivity contribution in [2.24, 2.45) is 11.8 Å². The van der Waals surface area contributed by atoms with Crippen molar-refractivity contribution in [3.8, 4) is 11.1 Å². The molecule has 0 spiro atoms. The summed E-state index contributed by atoms with van der Waals surface area (Å²) in [5.74, 6) is -1.27. The van der Waals surface area contributed by atoms with E-state index < -0.39 is 18.0 Å². The number of aliphatic carboxylic acids is 1. The molecule has 0 saturated carbocycles. The highest BCUT2D eigenvalue weighted by molar-refractivity contribution is 5.80. The minimum absolute atomic E-state index is 0.0244. The van der Waals surface area contributed by atoms with Crippen molar-refractivity contribution >= 4 is 18.0 Å². The fraction of sp³-hybridized carbons (Fsp3) is 0.464. The highest BCUT2D eigenvalue weighted by Gasteiger charge is 2.34. The average molecular weight is 479 g/mol. The SMILES string of the molecule is CC(C)[C@@H](CC(=O)N1CC[C@H](C(=O)O)C[C@@H]1C)NC(=O)OCC1c2ccccc2-c2ccccc21. The Labute approximate surface area is 206 Å². The number of piperidine rings is 1. The van der Waals surface area contributed by atoms with Crippen LogP contribution in [0.15, 0.2) is 48.5 Å². The standard InChI is InChI=1S/C28H34N2O5/c1-17(2)25(15-26(31)30-13-12-19(27(32)33)14-18(30)3)29-28(34)35-16-24-22-10-6-4-8-20(22)21-9-5-7-11-23(21)24/h4-11,17-19,24-25H,12-16H2,1-3H3,(H,29,34)(H,32,33)/t18-,19-,25+/m0/s1. The van der Waals surface area contributed by atoms with E-state index in [4.69, 9.17) is 4.74 Å². The molecule has 0 bridgehead atoms. The molecule has 2 aromatic rings. The molecule has 1 heterocycles. The molecule has 186 valence electrons. The molecule has 0 aromatic heterocycles. The van der Waals surface area contributed by atoms with Crippen molar-refractivity contribution in [3.05, 3.63) is 59.7 Å². The molecule has 35 heavy (non-hydrogen) atoms. The van der Waals surface area contributed by atoms with Crippen LogP contribution in [0.3, 0.4) is 0 Å². The number of ether oxygens (including phenoxy) is 1. The summed E-state index contributed by atoms with van der Waals surface area (Å²) in [5.41, 5.74) is 4.64. The first-order valence-corrected chi connectivity index (χ1v) is 12.4. The van der Waals surface area contributed by atoms with Crippen molar-refractivity contribution < 1.29 is 24.2 Å². The fourth-order valence-electron chi connectivity index (χ4n) is 5.32. The molecule has 1 aliphatic heterocycles. The topological polar surface area (TPSA) is 95.9 Å². The van der Waals surface area contributed by atoms with E-state index in [-0.39, 0.29) is 42.9 Å². The second kappa shape index (κ2) is 10.5. The van der Waals surface area contributed by atoms with E-state index in [0.717, 1.165) is 11.1 Å². The van der Waals surface area contributed by atoms with Gasteiger partial charge in [0.2, 0.25) is 5.91 Å². The van der Waals surface area contributed by atoms with Crippen molar-refractivity contribution in [2.45, 2.75) is 58.0 Å². The third-order valence-corrected chi connectivity index (χ3v) is 7.39. The first-order chi connectivity index (χ1) is 16.8. The number of hydrogen-bond donors (Lipinski definition) is 2. The van der Waals surface area contributed by atoms with E-state index in [0.29, 0.717) is 19.4 Å². The number of hydrogen-bond acceptors (Lipinski definition) is 4. The number of carboxylic acid groups (broad SMARTS) is 1. The number of carboxylic acids is 1. The number of nitrogens with one attached hydrogen (secondary N) is 1. The quantitative estimate of drug-likeness (QED) is 0.604. The van der Waals surface area contributed by atoms with Crippen molar-refractivity contribution in [2.75, 3.05) is 13.2 Å². The molecular weight excluding hydrogens is 444 g/mol. The maximum absolute atomic E-state index is 13.0. The van der Waals surface area contributed by atoms with Crippen LogP contribution in [0.1, 0.15) is 57.1 Å². The Kier molecular flexibility index (Phi) is 7.43. The Hall–Kier alpha value is -3.35. The molecular formula is C28H34N2O5. The second-order valence-corrected chi connectivity index (χ2v) is 10.0. The summed E-state index contributed by atoms with van der Waals surface area (Å²) in [6, 6.07) is 15.8. The fourth-order valence-corrected chi connectivity index (χ4v) is 5.32. The zero-order valence-corrected chi connectivity index (χ0v) is 20.6. The van der Waals surface area contributed by atoms with Gasteiger partial charge in [-0.05, 0) is 47.9 Å². The lowest BCUT2D eigenvalue weighted by Gasteiger charge is -2.37. The highest BCUT2D eigenvalue weighted by atomic mass is 16.5. The lowest BCUT2D eigenvalue weighted by molar-refractivity contribution is -0.147. The maximum atomic E-state index is 13.0. The van der Waals surface area contributed by atoms with Crippen molar-refractivity contribution in [1.82, 2.24) is 10.2 Å². The van der Waals surface area contributed by atoms with Crippen molar-refractivity contribution in [3.63, 3.8) is 0 Å². The summed E-state index contributed by atoms with van der Waals surface area (Å²) < 4.78 is 5.67. The molecule has 3 atom stereocenters. The number of likely N-dealkylation sites (tertiary alicyclic amines) is 1. The van der Waals surface area contributed by atoms with Crippen LogP contribution in [0.5, 0.6) is 0 Å². The first-order valence-electron chi connectivity index (χ1n) is 12.4. The average Bonchev–Trinajstić information content (AvgIpc) is 3.15. The van der Waals surface area contributed by atoms with Crippen LogP contribution in [-0.2, 0) is 14.3 Å². The monoisotopic (exact) mass is 478 g/mol. The molecule has 1 fully saturated rings. The molecule has 0 unspecified atom stereocenters. The smallest absolute Gasteiger partial charge is 0.407 e. The van der Waals surface area contributed by atoms with E-state index in [1.165, 1.54) is 11.1 Å². The van der Waals surface area contributed by atoms with Gasteiger partial charge in [0, 0.05) is 31.0 Å². The van der Waals surface area contributed by atoms with Crippen LogP contribution in [0.4, 0.5) is 4.79 Å². The first kappa shape index (κ1) is 24.8. The van der Waals surface area contributed by atoms with Crippen LogP contribution < -0.4 is 5.32 Å². The zero-order valence-electron chi connectivity index (χ0n) is 20.6. The van der Waals surface area contributed by atoms with Gasteiger partial charge in [0.15, 0.2) is 0 Å². The number of alkyl carbamates (subject to hydrolysis) is 1. The Morgan fingerprint density at radius 1 is 1.06 bits per heavy atom. The van der Waals surface area contributed by atoms with Crippen LogP contribution in [-0.4, -0.2) is 53.2 Å². The van der Waals surface area contributed by atoms with Gasteiger partial charge < -0.3 is 20.1 Å². The van der Waals surface area contributed by atoms with Gasteiger partial charge in [-0.1, -0.05) is 62.4 Å². The predicted molar refractivity (Wildman–Crippen MR) is 133 cm³/mol. The molecule has 1 aliphatic carbocycles. The minimum atomic E-state index is -0.805. The number of fused-ring (bicyclic) bond motifs is 3. The van der Waals surface area contributed by atoms with Gasteiger partial charge in [0.25, 0.3) is 0 Å². The van der Waals surface area contributed by atoms with Gasteiger partial charge in [0.1, 0.15) is 6.61 Å². The number of carbonyl (C=O) groups excluding carboxylic acids is 2. The van der Waals surface area contributed by atoms with Gasteiger partial charge in [-0.2, -0.15) is 0 Å². The van der Waals surface area contributed by atoms with E-state index in [1.54, 1.807) is 4.90 Å². The Balaban J connectivity index is 1.35. The highest BCUT2D eigenvalue weighted by Crippen LogP contribution is 2.44. The molecule has 2 aromatic carbocycles. The Morgan fingerprint density at radius 3 is 2.20 bits per heavy atom. The summed E-state index contributed by atoms with van der Waals surface area (Å²) >= 11 is 0. The number of carbonyl (C=O) groups is 3. The molecule has 7 heteroatoms. The van der Waals surface area contributed by atoms with Gasteiger partial charge in [-0.15, -0.1) is 0 Å². The maximum Gasteiger partial charge on any atom is 0.407 e. The molecule has 0 radical (unpaired) electrons. The summed E-state index contributed by atoms with van der Waals surface area (Å²) in [6.07, 6.45) is 0.533. The largest absolute Gasteiger partial charge is 0.481 e. The lowest BCUT2D eigenvalue weighted by Crippen LogP contribution is -2.49. The lowest BCUT2D eigenvalue weighted by atomic mass is 9.91. The molecule has 4 rings (SSSR count). The van der Waals surface area contributed by atoms with Crippen LogP contribution >= 0.6 is 0 Å². The molecule has 1 saturated heterocycles. The van der Waals surface area contributed by atoms with E-state index >= 15 is 0 Å². The number of benzene rings is 2. The van der Waals surface area contributed by atoms with E-state index in [2.05, 4.69) is 29.6 Å². The Bertz CT molecular complexity index is 1050. The van der Waals surface area contributed by atoms with Crippen LogP contribution in [0.25, 0.3) is 11.1 Å². The normalized spacial score (nSPS) is 20.2. The van der Waals surface area contributed by atoms with Gasteiger partial charge >= 0.3 is 12.1 Å². The van der Waals surface area contributed by atoms with E-state index in [9.17, 15) is 19.5 Å². The minimum Gasteiger partial charge on any atom is -0.481 e. The van der Waals surface area contributed by atoms with Crippen LogP contribution in [0, 0.1) is 11.8 Å². The number of amides is 2.